The van der Waals surface area contributed by atoms with Gasteiger partial charge in [-0.05, 0) is 18.6 Å². The maximum Gasteiger partial charge on any atom is 1.00 e. The van der Waals surface area contributed by atoms with Crippen LogP contribution in [0, 0.1) is 17.1 Å². The predicted molar refractivity (Wildman–Crippen MR) is 44.6 cm³/mol. The summed E-state index contributed by atoms with van der Waals surface area (Å²) in [4.78, 5) is 0. The minimum absolute atomic E-state index is 0. The van der Waals surface area contributed by atoms with Crippen molar-refractivity contribution in [1.29, 1.82) is 5.26 Å². The van der Waals surface area contributed by atoms with Gasteiger partial charge in [0.15, 0.2) is 0 Å². The molecule has 68 valence electrons. The van der Waals surface area contributed by atoms with Crippen LogP contribution in [0.4, 0.5) is 4.39 Å². The van der Waals surface area contributed by atoms with Gasteiger partial charge in [-0.25, -0.2) is 4.39 Å². The number of nitrogens with zero attached hydrogens (tertiary/aromatic N) is 1. The molecule has 14 heavy (non-hydrogen) atoms. The molecular formula is C10H9FKNO. The van der Waals surface area contributed by atoms with E-state index in [0.29, 0.717) is 12.0 Å². The third-order valence-electron chi connectivity index (χ3n) is 1.79. The molecule has 0 bridgehead atoms. The van der Waals surface area contributed by atoms with Crippen molar-refractivity contribution in [3.05, 3.63) is 29.1 Å². The number of benzene rings is 1. The molecule has 0 aliphatic heterocycles. The Morgan fingerprint density at radius 2 is 2.14 bits per heavy atom. The Labute approximate surface area is 125 Å². The van der Waals surface area contributed by atoms with Crippen molar-refractivity contribution >= 4 is 0 Å². The first-order valence-corrected chi connectivity index (χ1v) is 4.08. The van der Waals surface area contributed by atoms with Crippen molar-refractivity contribution < 1.29 is 60.9 Å². The smallest absolute Gasteiger partial charge is 0.872 e. The zero-order valence-corrected chi connectivity index (χ0v) is 11.4. The number of hydrogen-bond donors (Lipinski definition) is 0. The Bertz CT molecular complexity index is 360. The average molecular weight is 217 g/mol. The first-order valence-electron chi connectivity index (χ1n) is 4.08. The summed E-state index contributed by atoms with van der Waals surface area (Å²) in [6.07, 6.45) is 1.35. The van der Waals surface area contributed by atoms with E-state index in [-0.39, 0.29) is 62.7 Å². The summed E-state index contributed by atoms with van der Waals surface area (Å²) in [5.41, 5.74) is 0.267. The first kappa shape index (κ1) is 14.1. The summed E-state index contributed by atoms with van der Waals surface area (Å²) in [7, 11) is 0. The van der Waals surface area contributed by atoms with Crippen LogP contribution in [0.15, 0.2) is 12.1 Å². The van der Waals surface area contributed by atoms with Crippen LogP contribution in [-0.4, -0.2) is 0 Å². The van der Waals surface area contributed by atoms with E-state index in [1.807, 2.05) is 6.92 Å². The fourth-order valence-corrected chi connectivity index (χ4v) is 1.14. The Kier molecular flexibility index (Phi) is 6.58. The van der Waals surface area contributed by atoms with Gasteiger partial charge in [-0.1, -0.05) is 18.9 Å². The number of nitriles is 1. The van der Waals surface area contributed by atoms with Gasteiger partial charge >= 0.3 is 51.4 Å². The molecule has 2 nitrogen and oxygen atoms in total. The van der Waals surface area contributed by atoms with Crippen LogP contribution in [0.3, 0.4) is 0 Å². The largest absolute Gasteiger partial charge is 1.00 e. The molecule has 0 aromatic heterocycles. The first-order chi connectivity index (χ1) is 6.19. The van der Waals surface area contributed by atoms with Crippen LogP contribution >= 0.6 is 0 Å². The molecule has 0 spiro atoms. The van der Waals surface area contributed by atoms with Crippen molar-refractivity contribution in [1.82, 2.24) is 0 Å². The zero-order chi connectivity index (χ0) is 9.84. The number of halogens is 1. The molecular weight excluding hydrogens is 208 g/mol. The van der Waals surface area contributed by atoms with E-state index in [1.165, 1.54) is 0 Å². The third kappa shape index (κ3) is 3.34. The van der Waals surface area contributed by atoms with Crippen LogP contribution in [0.5, 0.6) is 5.75 Å². The van der Waals surface area contributed by atoms with E-state index in [0.717, 1.165) is 18.6 Å². The van der Waals surface area contributed by atoms with Crippen molar-refractivity contribution in [2.24, 2.45) is 0 Å². The molecule has 0 aliphatic carbocycles. The van der Waals surface area contributed by atoms with Gasteiger partial charge in [-0.15, -0.1) is 5.75 Å². The summed E-state index contributed by atoms with van der Waals surface area (Å²) in [6, 6.07) is 3.84. The molecule has 0 atom stereocenters. The van der Waals surface area contributed by atoms with Crippen molar-refractivity contribution in [2.75, 3.05) is 0 Å². The van der Waals surface area contributed by atoms with Crippen LogP contribution in [0.1, 0.15) is 24.5 Å². The number of hydrogen-bond acceptors (Lipinski definition) is 2. The average Bonchev–Trinajstić information content (AvgIpc) is 2.11. The van der Waals surface area contributed by atoms with Gasteiger partial charge in [0.2, 0.25) is 0 Å². The topological polar surface area (TPSA) is 46.8 Å². The molecule has 0 amide bonds. The van der Waals surface area contributed by atoms with Crippen molar-refractivity contribution in [3.8, 4) is 11.8 Å². The summed E-state index contributed by atoms with van der Waals surface area (Å²) in [5.74, 6) is -0.856. The Morgan fingerprint density at radius 1 is 1.50 bits per heavy atom. The van der Waals surface area contributed by atoms with Crippen molar-refractivity contribution in [2.45, 2.75) is 19.8 Å². The predicted octanol–water partition coefficient (Wildman–Crippen LogP) is -1.27. The molecule has 0 unspecified atom stereocenters. The van der Waals surface area contributed by atoms with E-state index in [1.54, 1.807) is 6.07 Å². The normalized spacial score (nSPS) is 8.93. The van der Waals surface area contributed by atoms with Crippen molar-refractivity contribution in [3.63, 3.8) is 0 Å². The second-order valence-electron chi connectivity index (χ2n) is 2.80. The molecule has 1 aromatic carbocycles. The molecule has 0 fully saturated rings. The number of rotatable bonds is 2. The standard InChI is InChI=1S/C10H10FNO.K/c1-2-3-7-4-9(11)8(6-12)5-10(7)13;/h4-5,13H,2-3H2,1H3;/q;+1/p-1. The Morgan fingerprint density at radius 3 is 2.64 bits per heavy atom. The fourth-order valence-electron chi connectivity index (χ4n) is 1.14. The van der Waals surface area contributed by atoms with Gasteiger partial charge < -0.3 is 5.11 Å². The maximum absolute atomic E-state index is 13.0. The summed E-state index contributed by atoms with van der Waals surface area (Å²) in [6.45, 7) is 1.91. The van der Waals surface area contributed by atoms with Crippen LogP contribution in [0.25, 0.3) is 0 Å². The van der Waals surface area contributed by atoms with Gasteiger partial charge in [0.1, 0.15) is 11.9 Å². The fraction of sp³-hybridized carbons (Fsp3) is 0.300. The Hall–Kier alpha value is 0.0764. The summed E-state index contributed by atoms with van der Waals surface area (Å²) >= 11 is 0. The van der Waals surface area contributed by atoms with Gasteiger partial charge in [0, 0.05) is 0 Å². The second kappa shape index (κ2) is 6.54. The van der Waals surface area contributed by atoms with Crippen LogP contribution in [0.2, 0.25) is 0 Å². The third-order valence-corrected chi connectivity index (χ3v) is 1.79. The van der Waals surface area contributed by atoms with E-state index < -0.39 is 5.82 Å². The Balaban J connectivity index is 0.00000169. The molecule has 1 rings (SSSR count). The molecule has 4 heteroatoms. The minimum Gasteiger partial charge on any atom is -0.872 e. The molecule has 0 saturated carbocycles. The van der Waals surface area contributed by atoms with Gasteiger partial charge in [-0.3, -0.25) is 0 Å². The number of aryl methyl sites for hydroxylation is 1. The van der Waals surface area contributed by atoms with E-state index in [2.05, 4.69) is 0 Å². The molecule has 0 radical (unpaired) electrons. The molecule has 1 aromatic rings. The second-order valence-corrected chi connectivity index (χ2v) is 2.80. The summed E-state index contributed by atoms with van der Waals surface area (Å²) in [5, 5.41) is 19.7. The van der Waals surface area contributed by atoms with E-state index in [4.69, 9.17) is 5.26 Å². The van der Waals surface area contributed by atoms with Crippen LogP contribution < -0.4 is 56.5 Å². The maximum atomic E-state index is 13.0. The monoisotopic (exact) mass is 217 g/mol. The van der Waals surface area contributed by atoms with Crippen LogP contribution in [-0.2, 0) is 6.42 Å². The molecule has 0 saturated heterocycles. The van der Waals surface area contributed by atoms with Gasteiger partial charge in [0.25, 0.3) is 0 Å². The van der Waals surface area contributed by atoms with Gasteiger partial charge in [-0.2, -0.15) is 5.26 Å². The zero-order valence-electron chi connectivity index (χ0n) is 8.30. The SMILES string of the molecule is CCCc1cc(F)c(C#N)cc1[O-].[K+]. The quantitative estimate of drug-likeness (QED) is 0.580. The molecule has 0 aliphatic rings. The summed E-state index contributed by atoms with van der Waals surface area (Å²) < 4.78 is 13.0. The minimum atomic E-state index is -0.606. The van der Waals surface area contributed by atoms with E-state index in [9.17, 15) is 9.50 Å². The van der Waals surface area contributed by atoms with Gasteiger partial charge in [0.05, 0.1) is 5.56 Å². The molecule has 0 N–H and O–H groups in total. The van der Waals surface area contributed by atoms with E-state index >= 15 is 0 Å². The molecule has 0 heterocycles.